The van der Waals surface area contributed by atoms with E-state index in [4.69, 9.17) is 18.9 Å². The van der Waals surface area contributed by atoms with E-state index in [1.54, 1.807) is 27.7 Å². The van der Waals surface area contributed by atoms with Crippen LogP contribution in [-0.2, 0) is 19.5 Å². The number of hydrogen-bond acceptors (Lipinski definition) is 11. The van der Waals surface area contributed by atoms with Crippen molar-refractivity contribution in [2.24, 2.45) is 0 Å². The molecule has 1 aromatic carbocycles. The maximum Gasteiger partial charge on any atom is 0.243 e. The molecule has 3 aromatic rings. The molecule has 0 aliphatic carbocycles. The van der Waals surface area contributed by atoms with E-state index in [1.807, 2.05) is 0 Å². The number of benzene rings is 1. The van der Waals surface area contributed by atoms with Crippen molar-refractivity contribution in [2.75, 3.05) is 50.6 Å². The van der Waals surface area contributed by atoms with E-state index in [0.717, 1.165) is 18.8 Å². The number of nitrogens with zero attached hydrogens (tertiary/aromatic N) is 6. The summed E-state index contributed by atoms with van der Waals surface area (Å²) in [4.78, 5) is 9.68. The van der Waals surface area contributed by atoms with Crippen molar-refractivity contribution in [3.05, 3.63) is 42.2 Å². The van der Waals surface area contributed by atoms with Crippen molar-refractivity contribution < 1.29 is 31.8 Å². The highest BCUT2D eigenvalue weighted by Crippen LogP contribution is 2.39. The minimum absolute atomic E-state index is 0.0348. The molecule has 0 bridgehead atoms. The summed E-state index contributed by atoms with van der Waals surface area (Å²) in [6, 6.07) is 5.24. The average Bonchev–Trinajstić information content (AvgIpc) is 3.62. The molecule has 3 atom stereocenters. The third-order valence-electron chi connectivity index (χ3n) is 6.80. The van der Waals surface area contributed by atoms with Crippen LogP contribution >= 0.6 is 0 Å². The Bertz CT molecular complexity index is 1380. The number of halogens is 1. The van der Waals surface area contributed by atoms with Gasteiger partial charge >= 0.3 is 0 Å². The molecule has 15 heteroatoms. The van der Waals surface area contributed by atoms with Gasteiger partial charge in [-0.1, -0.05) is 6.07 Å². The lowest BCUT2D eigenvalue weighted by Crippen LogP contribution is -2.51. The van der Waals surface area contributed by atoms with E-state index < -0.39 is 27.2 Å². The highest BCUT2D eigenvalue weighted by atomic mass is 32.2. The molecule has 1 N–H and O–H groups in total. The molecule has 13 nitrogen and oxygen atoms in total. The van der Waals surface area contributed by atoms with Gasteiger partial charge in [0.25, 0.3) is 0 Å². The Morgan fingerprint density at radius 2 is 1.79 bits per heavy atom. The molecule has 0 amide bonds. The van der Waals surface area contributed by atoms with Crippen molar-refractivity contribution in [3.63, 3.8) is 0 Å². The van der Waals surface area contributed by atoms with Gasteiger partial charge in [-0.15, -0.1) is 10.2 Å². The molecule has 2 saturated heterocycles. The van der Waals surface area contributed by atoms with E-state index in [0.29, 0.717) is 42.6 Å². The largest absolute Gasteiger partial charge is 0.494 e. The third-order valence-corrected chi connectivity index (χ3v) is 8.49. The smallest absolute Gasteiger partial charge is 0.243 e. The molecule has 2 aliphatic heterocycles. The first-order valence-electron chi connectivity index (χ1n) is 12.4. The predicted octanol–water partition coefficient (Wildman–Crippen LogP) is 2.10. The van der Waals surface area contributed by atoms with Crippen LogP contribution in [0.5, 0.6) is 11.5 Å². The van der Waals surface area contributed by atoms with Crippen LogP contribution in [0.4, 0.5) is 16.3 Å². The number of ether oxygens (including phenoxy) is 4. The maximum absolute atomic E-state index is 13.8. The standard InChI is InChI=1S/C24H30FN7O6S/c1-35-16-10-17(14-31(13-16)23-26-11-15(25)12-27-23)39(33,34)30-24-29-28-22(20-8-5-9-38-20)32(24)21-18(36-2)6-4-7-19(21)37-3/h4,6-7,11-12,16-17,20H,5,8-10,13-14H2,1-3H3,(H,29,30)/t16-,17-,20?/m0/s1. The zero-order chi connectivity index (χ0) is 27.6. The van der Waals surface area contributed by atoms with Gasteiger partial charge in [0.1, 0.15) is 28.5 Å². The fraction of sp³-hybridized carbons (Fsp3) is 0.500. The van der Waals surface area contributed by atoms with Crippen molar-refractivity contribution in [1.29, 1.82) is 0 Å². The molecule has 4 heterocycles. The Labute approximate surface area is 225 Å². The quantitative estimate of drug-likeness (QED) is 0.409. The molecule has 5 rings (SSSR count). The number of aromatic nitrogens is 5. The molecule has 0 spiro atoms. The number of piperidine rings is 1. The van der Waals surface area contributed by atoms with E-state index >= 15 is 0 Å². The fourth-order valence-electron chi connectivity index (χ4n) is 4.87. The Kier molecular flexibility index (Phi) is 7.81. The van der Waals surface area contributed by atoms with E-state index in [2.05, 4.69) is 24.9 Å². The van der Waals surface area contributed by atoms with E-state index in [9.17, 15) is 12.8 Å². The molecule has 2 fully saturated rings. The first-order chi connectivity index (χ1) is 18.8. The first-order valence-corrected chi connectivity index (χ1v) is 13.9. The van der Waals surface area contributed by atoms with Crippen LogP contribution in [0.3, 0.4) is 0 Å². The van der Waals surface area contributed by atoms with Gasteiger partial charge in [0, 0.05) is 26.8 Å². The van der Waals surface area contributed by atoms with Crippen molar-refractivity contribution in [2.45, 2.75) is 36.7 Å². The molecule has 0 radical (unpaired) electrons. The molecule has 39 heavy (non-hydrogen) atoms. The van der Waals surface area contributed by atoms with Crippen LogP contribution in [0.25, 0.3) is 5.69 Å². The van der Waals surface area contributed by atoms with Crippen LogP contribution in [0.2, 0.25) is 0 Å². The van der Waals surface area contributed by atoms with Gasteiger partial charge in [0.05, 0.1) is 32.7 Å². The molecular weight excluding hydrogens is 533 g/mol. The fourth-order valence-corrected chi connectivity index (χ4v) is 6.27. The number of methoxy groups -OCH3 is 3. The van der Waals surface area contributed by atoms with Gasteiger partial charge in [-0.05, 0) is 31.4 Å². The van der Waals surface area contributed by atoms with Gasteiger partial charge < -0.3 is 23.8 Å². The van der Waals surface area contributed by atoms with Crippen LogP contribution < -0.4 is 19.1 Å². The van der Waals surface area contributed by atoms with Crippen molar-refractivity contribution >= 4 is 21.9 Å². The summed E-state index contributed by atoms with van der Waals surface area (Å²) < 4.78 is 67.8. The zero-order valence-electron chi connectivity index (χ0n) is 21.8. The third kappa shape index (κ3) is 5.46. The summed E-state index contributed by atoms with van der Waals surface area (Å²) in [6.45, 7) is 0.973. The number of nitrogens with one attached hydrogen (secondary N) is 1. The SMILES string of the molecule is COc1cccc(OC)c1-n1c(NS(=O)(=O)[C@H]2C[C@H](OC)CN(c3ncc(F)cn3)C2)nnc1C1CCCO1. The second-order valence-corrected chi connectivity index (χ2v) is 11.2. The number of sulfonamides is 1. The molecule has 2 aliphatic rings. The van der Waals surface area contributed by atoms with E-state index in [-0.39, 0.29) is 31.0 Å². The minimum Gasteiger partial charge on any atom is -0.494 e. The molecule has 1 unspecified atom stereocenters. The van der Waals surface area contributed by atoms with E-state index in [1.165, 1.54) is 21.3 Å². The van der Waals surface area contributed by atoms with Gasteiger partial charge in [-0.3, -0.25) is 9.29 Å². The second kappa shape index (κ2) is 11.3. The van der Waals surface area contributed by atoms with Gasteiger partial charge in [0.2, 0.25) is 21.9 Å². The Morgan fingerprint density at radius 3 is 2.41 bits per heavy atom. The van der Waals surface area contributed by atoms with Gasteiger partial charge in [-0.25, -0.2) is 22.8 Å². The Morgan fingerprint density at radius 1 is 1.08 bits per heavy atom. The number of rotatable bonds is 9. The predicted molar refractivity (Wildman–Crippen MR) is 138 cm³/mol. The highest BCUT2D eigenvalue weighted by Gasteiger charge is 2.38. The number of hydrogen-bond donors (Lipinski definition) is 1. The average molecular weight is 564 g/mol. The molecule has 0 saturated carbocycles. The lowest BCUT2D eigenvalue weighted by molar-refractivity contribution is 0.0898. The zero-order valence-corrected chi connectivity index (χ0v) is 22.6. The topological polar surface area (TPSA) is 143 Å². The van der Waals surface area contributed by atoms with Crippen LogP contribution in [-0.4, -0.2) is 85.5 Å². The molecular formula is C24H30FN7O6S. The summed E-state index contributed by atoms with van der Waals surface area (Å²) in [5, 5.41) is 7.60. The summed E-state index contributed by atoms with van der Waals surface area (Å²) in [5.74, 6) is 0.885. The highest BCUT2D eigenvalue weighted by molar-refractivity contribution is 7.93. The van der Waals surface area contributed by atoms with Crippen molar-refractivity contribution in [1.82, 2.24) is 24.7 Å². The van der Waals surface area contributed by atoms with Gasteiger partial charge in [0.15, 0.2) is 11.6 Å². The minimum atomic E-state index is -4.06. The summed E-state index contributed by atoms with van der Waals surface area (Å²) in [7, 11) is 0.476. The van der Waals surface area contributed by atoms with Crippen LogP contribution in [0, 0.1) is 5.82 Å². The molecule has 210 valence electrons. The maximum atomic E-state index is 13.8. The monoisotopic (exact) mass is 563 g/mol. The van der Waals surface area contributed by atoms with Crippen molar-refractivity contribution in [3.8, 4) is 17.2 Å². The Balaban J connectivity index is 1.52. The summed E-state index contributed by atoms with van der Waals surface area (Å²) in [6.07, 6.45) is 3.02. The lowest BCUT2D eigenvalue weighted by atomic mass is 10.1. The summed E-state index contributed by atoms with van der Waals surface area (Å²) >= 11 is 0. The summed E-state index contributed by atoms with van der Waals surface area (Å²) in [5.41, 5.74) is 0.440. The Hall–Kier alpha value is -3.56. The molecule has 2 aromatic heterocycles. The number of anilines is 2. The van der Waals surface area contributed by atoms with Gasteiger partial charge in [-0.2, -0.15) is 0 Å². The van der Waals surface area contributed by atoms with Crippen LogP contribution in [0.1, 0.15) is 31.2 Å². The first kappa shape index (κ1) is 27.0. The second-order valence-electron chi connectivity index (χ2n) is 9.20. The normalized spacial score (nSPS) is 21.6. The van der Waals surface area contributed by atoms with Crippen LogP contribution in [0.15, 0.2) is 30.6 Å². The lowest BCUT2D eigenvalue weighted by Gasteiger charge is -2.36. The number of para-hydroxylation sites is 1.